The fourth-order valence-electron chi connectivity index (χ4n) is 9.30. The van der Waals surface area contributed by atoms with Crippen LogP contribution in [0.2, 0.25) is 0 Å². The van der Waals surface area contributed by atoms with E-state index < -0.39 is 0 Å². The van der Waals surface area contributed by atoms with Crippen LogP contribution in [-0.2, 0) is 5.41 Å². The van der Waals surface area contributed by atoms with E-state index in [0.29, 0.717) is 0 Å². The average Bonchev–Trinajstić information content (AvgIpc) is 3.51. The predicted octanol–water partition coefficient (Wildman–Crippen LogP) is 14.6. The van der Waals surface area contributed by atoms with Crippen LogP contribution in [0.5, 0.6) is 0 Å². The zero-order valence-electron chi connectivity index (χ0n) is 31.9. The van der Waals surface area contributed by atoms with Gasteiger partial charge < -0.3 is 0 Å². The molecule has 1 heterocycles. The lowest BCUT2D eigenvalue weighted by Crippen LogP contribution is -2.16. The van der Waals surface area contributed by atoms with E-state index in [0.717, 1.165) is 39.5 Å². The van der Waals surface area contributed by atoms with Gasteiger partial charge in [-0.25, -0.2) is 9.97 Å². The topological polar surface area (TPSA) is 25.8 Å². The fraction of sp³-hybridized carbons (Fsp3) is 0.0545. The fourth-order valence-corrected chi connectivity index (χ4v) is 9.30. The van der Waals surface area contributed by atoms with E-state index in [4.69, 9.17) is 9.97 Å². The second-order valence-electron chi connectivity index (χ2n) is 15.7. The monoisotopic (exact) mass is 726 g/mol. The van der Waals surface area contributed by atoms with Gasteiger partial charge in [-0.15, -0.1) is 0 Å². The molecule has 1 aliphatic carbocycles. The van der Waals surface area contributed by atoms with E-state index >= 15 is 0 Å². The molecule has 0 aliphatic heterocycles. The van der Waals surface area contributed by atoms with Crippen molar-refractivity contribution in [1.82, 2.24) is 9.97 Å². The highest BCUT2D eigenvalue weighted by Crippen LogP contribution is 2.52. The molecule has 10 aromatic rings. The number of benzene rings is 9. The Morgan fingerprint density at radius 2 is 0.947 bits per heavy atom. The number of aromatic nitrogens is 2. The Morgan fingerprint density at radius 1 is 0.351 bits per heavy atom. The van der Waals surface area contributed by atoms with E-state index in [1.54, 1.807) is 0 Å². The SMILES string of the molecule is CC1(C)c2ccccc2-c2cccc(-c3cc(-c4ccc(-c5ccc(-c6c7ccccc7cc7c6ccc6ccccc67)cc5)cc4)nc(-c4ccccc4)n3)c21. The minimum Gasteiger partial charge on any atom is -0.228 e. The molecule has 1 aliphatic rings. The van der Waals surface area contributed by atoms with Crippen LogP contribution in [0, 0.1) is 0 Å². The highest BCUT2D eigenvalue weighted by atomic mass is 14.9. The molecule has 1 aromatic heterocycles. The predicted molar refractivity (Wildman–Crippen MR) is 239 cm³/mol. The zero-order valence-corrected chi connectivity index (χ0v) is 31.9. The molecule has 57 heavy (non-hydrogen) atoms. The van der Waals surface area contributed by atoms with Gasteiger partial charge >= 0.3 is 0 Å². The van der Waals surface area contributed by atoms with Crippen LogP contribution >= 0.6 is 0 Å². The van der Waals surface area contributed by atoms with Crippen molar-refractivity contribution in [1.29, 1.82) is 0 Å². The summed E-state index contributed by atoms with van der Waals surface area (Å²) in [6.45, 7) is 4.66. The van der Waals surface area contributed by atoms with Crippen molar-refractivity contribution in [3.63, 3.8) is 0 Å². The van der Waals surface area contributed by atoms with Gasteiger partial charge in [0, 0.05) is 22.1 Å². The summed E-state index contributed by atoms with van der Waals surface area (Å²) < 4.78 is 0. The van der Waals surface area contributed by atoms with Crippen LogP contribution in [0.25, 0.3) is 99.6 Å². The molecular weight excluding hydrogens is 689 g/mol. The van der Waals surface area contributed by atoms with Gasteiger partial charge in [-0.3, -0.25) is 0 Å². The minimum atomic E-state index is -0.160. The number of fused-ring (bicyclic) bond motifs is 7. The van der Waals surface area contributed by atoms with E-state index in [-0.39, 0.29) is 5.41 Å². The Labute approximate surface area is 332 Å². The van der Waals surface area contributed by atoms with Gasteiger partial charge in [-0.2, -0.15) is 0 Å². The summed E-state index contributed by atoms with van der Waals surface area (Å²) in [5.41, 5.74) is 15.0. The molecule has 0 unspecified atom stereocenters. The third-order valence-corrected chi connectivity index (χ3v) is 12.1. The molecule has 0 amide bonds. The first-order valence-corrected chi connectivity index (χ1v) is 19.7. The van der Waals surface area contributed by atoms with Gasteiger partial charge in [0.25, 0.3) is 0 Å². The summed E-state index contributed by atoms with van der Waals surface area (Å²) in [6.07, 6.45) is 0. The van der Waals surface area contributed by atoms with E-state index in [1.807, 2.05) is 6.07 Å². The van der Waals surface area contributed by atoms with E-state index in [1.165, 1.54) is 71.3 Å². The molecule has 0 N–H and O–H groups in total. The van der Waals surface area contributed by atoms with Crippen LogP contribution in [0.4, 0.5) is 0 Å². The molecule has 0 radical (unpaired) electrons. The first-order valence-electron chi connectivity index (χ1n) is 19.7. The lowest BCUT2D eigenvalue weighted by Gasteiger charge is -2.24. The van der Waals surface area contributed by atoms with Crippen molar-refractivity contribution in [3.8, 4) is 67.3 Å². The lowest BCUT2D eigenvalue weighted by atomic mass is 9.79. The standard InChI is InChI=1S/C55H38N2/c1-55(2)49-22-11-10-19-44(49)46-20-12-21-47(53(46)55)51-34-50(56-54(57-51)40-14-4-3-5-15-40)38-27-23-35(24-28-38)36-25-29-39(30-26-36)52-43-18-9-7-16-41(43)33-48-42-17-8-6-13-37(42)31-32-45(48)52/h3-34H,1-2H3. The second-order valence-corrected chi connectivity index (χ2v) is 15.7. The third kappa shape index (κ3) is 5.40. The Hall–Kier alpha value is -7.16. The summed E-state index contributed by atoms with van der Waals surface area (Å²) in [4.78, 5) is 10.4. The maximum atomic E-state index is 5.25. The quantitative estimate of drug-likeness (QED) is 0.130. The highest BCUT2D eigenvalue weighted by Gasteiger charge is 2.37. The summed E-state index contributed by atoms with van der Waals surface area (Å²) in [5, 5.41) is 7.63. The van der Waals surface area contributed by atoms with E-state index in [9.17, 15) is 0 Å². The molecule has 0 spiro atoms. The van der Waals surface area contributed by atoms with Crippen LogP contribution < -0.4 is 0 Å². The molecule has 0 atom stereocenters. The van der Waals surface area contributed by atoms with Gasteiger partial charge in [-0.05, 0) is 89.0 Å². The van der Waals surface area contributed by atoms with Crippen molar-refractivity contribution >= 4 is 32.3 Å². The summed E-state index contributed by atoms with van der Waals surface area (Å²) in [5.74, 6) is 0.725. The first-order chi connectivity index (χ1) is 28.0. The summed E-state index contributed by atoms with van der Waals surface area (Å²) >= 11 is 0. The van der Waals surface area contributed by atoms with E-state index in [2.05, 4.69) is 202 Å². The Bertz CT molecular complexity index is 3180. The summed E-state index contributed by atoms with van der Waals surface area (Å²) in [7, 11) is 0. The maximum absolute atomic E-state index is 5.25. The third-order valence-electron chi connectivity index (χ3n) is 12.1. The Balaban J connectivity index is 0.983. The molecule has 9 aromatic carbocycles. The van der Waals surface area contributed by atoms with Crippen LogP contribution in [-0.4, -0.2) is 9.97 Å². The highest BCUT2D eigenvalue weighted by molar-refractivity contribution is 6.20. The largest absolute Gasteiger partial charge is 0.228 e. The van der Waals surface area contributed by atoms with Gasteiger partial charge in [0.1, 0.15) is 0 Å². The second kappa shape index (κ2) is 13.0. The van der Waals surface area contributed by atoms with Crippen LogP contribution in [0.1, 0.15) is 25.0 Å². The molecule has 268 valence electrons. The Kier molecular flexibility index (Phi) is 7.55. The van der Waals surface area contributed by atoms with Crippen molar-refractivity contribution in [2.24, 2.45) is 0 Å². The molecule has 0 saturated heterocycles. The number of hydrogen-bond donors (Lipinski definition) is 0. The smallest absolute Gasteiger partial charge is 0.160 e. The lowest BCUT2D eigenvalue weighted by molar-refractivity contribution is 0.662. The summed E-state index contributed by atoms with van der Waals surface area (Å²) in [6, 6.07) is 70.2. The average molecular weight is 727 g/mol. The van der Waals surface area contributed by atoms with Crippen molar-refractivity contribution in [2.75, 3.05) is 0 Å². The minimum absolute atomic E-state index is 0.160. The van der Waals surface area contributed by atoms with Crippen LogP contribution in [0.3, 0.4) is 0 Å². The number of nitrogens with zero attached hydrogens (tertiary/aromatic N) is 2. The number of hydrogen-bond acceptors (Lipinski definition) is 2. The molecule has 0 fully saturated rings. The molecule has 0 saturated carbocycles. The zero-order chi connectivity index (χ0) is 38.1. The van der Waals surface area contributed by atoms with Crippen molar-refractivity contribution in [2.45, 2.75) is 19.3 Å². The molecular formula is C55H38N2. The maximum Gasteiger partial charge on any atom is 0.160 e. The Morgan fingerprint density at radius 3 is 1.74 bits per heavy atom. The van der Waals surface area contributed by atoms with Gasteiger partial charge in [0.2, 0.25) is 0 Å². The van der Waals surface area contributed by atoms with Crippen molar-refractivity contribution < 1.29 is 0 Å². The van der Waals surface area contributed by atoms with Gasteiger partial charge in [-0.1, -0.05) is 196 Å². The number of rotatable bonds is 5. The molecule has 0 bridgehead atoms. The van der Waals surface area contributed by atoms with Crippen LogP contribution in [0.15, 0.2) is 194 Å². The molecule has 2 heteroatoms. The molecule has 2 nitrogen and oxygen atoms in total. The first kappa shape index (κ1) is 33.2. The normalized spacial score (nSPS) is 12.9. The molecule has 11 rings (SSSR count). The van der Waals surface area contributed by atoms with Gasteiger partial charge in [0.05, 0.1) is 11.4 Å². The van der Waals surface area contributed by atoms with Crippen molar-refractivity contribution in [3.05, 3.63) is 205 Å². The van der Waals surface area contributed by atoms with Gasteiger partial charge in [0.15, 0.2) is 5.82 Å².